The molecule has 0 unspecified atom stereocenters. The number of nitrogens with zero attached hydrogens (tertiary/aromatic N) is 3. The molecule has 6 heteroatoms. The molecule has 0 aromatic rings. The van der Waals surface area contributed by atoms with Crippen molar-refractivity contribution >= 4 is 6.03 Å². The molecular weight excluding hydrogens is 314 g/mol. The van der Waals surface area contributed by atoms with Gasteiger partial charge in [-0.05, 0) is 46.2 Å². The first-order valence-electron chi connectivity index (χ1n) is 10.2. The van der Waals surface area contributed by atoms with E-state index in [4.69, 9.17) is 0 Å². The Kier molecular flexibility index (Phi) is 7.97. The highest BCUT2D eigenvalue weighted by molar-refractivity contribution is 5.75. The minimum atomic E-state index is -0.0857. The molecule has 6 nitrogen and oxygen atoms in total. The summed E-state index contributed by atoms with van der Waals surface area (Å²) in [6.07, 6.45) is 3.30. The van der Waals surface area contributed by atoms with Gasteiger partial charge in [0.25, 0.3) is 0 Å². The van der Waals surface area contributed by atoms with Crippen molar-refractivity contribution in [3.8, 4) is 0 Å². The van der Waals surface area contributed by atoms with E-state index in [1.165, 1.54) is 13.0 Å². The number of rotatable bonds is 7. The van der Waals surface area contributed by atoms with Crippen LogP contribution in [-0.4, -0.2) is 91.2 Å². The molecule has 2 heterocycles. The Labute approximate surface area is 154 Å². The van der Waals surface area contributed by atoms with Crippen molar-refractivity contribution in [2.24, 2.45) is 0 Å². The summed E-state index contributed by atoms with van der Waals surface area (Å²) < 4.78 is 0. The molecule has 2 amide bonds. The number of carbonyl (C=O) groups is 1. The van der Waals surface area contributed by atoms with Crippen molar-refractivity contribution in [3.63, 3.8) is 0 Å². The molecule has 0 bridgehead atoms. The van der Waals surface area contributed by atoms with Crippen molar-refractivity contribution in [1.29, 1.82) is 0 Å². The zero-order chi connectivity index (χ0) is 18.3. The normalized spacial score (nSPS) is 22.9. The summed E-state index contributed by atoms with van der Waals surface area (Å²) in [5, 5.41) is 6.38. The topological polar surface area (TPSA) is 50.9 Å². The van der Waals surface area contributed by atoms with Gasteiger partial charge < -0.3 is 20.4 Å². The van der Waals surface area contributed by atoms with Crippen LogP contribution in [0.3, 0.4) is 0 Å². The largest absolute Gasteiger partial charge is 0.336 e. The summed E-state index contributed by atoms with van der Waals surface area (Å²) in [4.78, 5) is 20.0. The van der Waals surface area contributed by atoms with Crippen LogP contribution in [0.4, 0.5) is 4.79 Å². The smallest absolute Gasteiger partial charge is 0.315 e. The van der Waals surface area contributed by atoms with Crippen LogP contribution in [-0.2, 0) is 0 Å². The quantitative estimate of drug-likeness (QED) is 0.730. The van der Waals surface area contributed by atoms with Crippen molar-refractivity contribution in [1.82, 2.24) is 25.3 Å². The van der Waals surface area contributed by atoms with E-state index in [0.29, 0.717) is 0 Å². The standard InChI is InChI=1S/C19H39N5O/c1-5-9-23-10-7-19(8-11-23,21-18(25)20-17(3)4)16-24-14-12-22(6-2)13-15-24/h17H,5-16H2,1-4H3,(H2,20,21,25). The molecule has 0 atom stereocenters. The fourth-order valence-corrected chi connectivity index (χ4v) is 4.07. The second-order valence-electron chi connectivity index (χ2n) is 8.09. The fourth-order valence-electron chi connectivity index (χ4n) is 4.07. The Bertz CT molecular complexity index is 399. The molecule has 0 aliphatic carbocycles. The summed E-state index contributed by atoms with van der Waals surface area (Å²) in [6, 6.07) is 0.163. The van der Waals surface area contributed by atoms with Gasteiger partial charge in [-0.1, -0.05) is 13.8 Å². The van der Waals surface area contributed by atoms with E-state index in [1.54, 1.807) is 0 Å². The number of likely N-dealkylation sites (N-methyl/N-ethyl adjacent to an activating group) is 1. The lowest BCUT2D eigenvalue weighted by molar-refractivity contribution is 0.0695. The maximum atomic E-state index is 12.4. The molecule has 0 spiro atoms. The summed E-state index contributed by atoms with van der Waals surface area (Å²) >= 11 is 0. The molecule has 0 radical (unpaired) electrons. The van der Waals surface area contributed by atoms with E-state index >= 15 is 0 Å². The molecule has 2 aliphatic heterocycles. The van der Waals surface area contributed by atoms with Crippen molar-refractivity contribution in [2.75, 3.05) is 58.9 Å². The van der Waals surface area contributed by atoms with Crippen LogP contribution in [0.1, 0.15) is 47.0 Å². The molecule has 0 saturated carbocycles. The van der Waals surface area contributed by atoms with Gasteiger partial charge in [-0.3, -0.25) is 4.90 Å². The Hall–Kier alpha value is -0.850. The van der Waals surface area contributed by atoms with Crippen LogP contribution in [0.25, 0.3) is 0 Å². The summed E-state index contributed by atoms with van der Waals surface area (Å²) in [6.45, 7) is 18.5. The van der Waals surface area contributed by atoms with Gasteiger partial charge in [0.1, 0.15) is 0 Å². The first-order valence-corrected chi connectivity index (χ1v) is 10.2. The maximum Gasteiger partial charge on any atom is 0.315 e. The number of hydrogen-bond acceptors (Lipinski definition) is 4. The number of piperazine rings is 1. The molecule has 2 rings (SSSR count). The maximum absolute atomic E-state index is 12.4. The number of hydrogen-bond donors (Lipinski definition) is 2. The van der Waals surface area contributed by atoms with Gasteiger partial charge in [-0.15, -0.1) is 0 Å². The Balaban J connectivity index is 1.96. The Morgan fingerprint density at radius 3 is 2.08 bits per heavy atom. The van der Waals surface area contributed by atoms with E-state index in [1.807, 2.05) is 13.8 Å². The molecule has 0 aromatic heterocycles. The molecule has 25 heavy (non-hydrogen) atoms. The second kappa shape index (κ2) is 9.74. The van der Waals surface area contributed by atoms with E-state index in [0.717, 1.165) is 65.2 Å². The molecule has 2 aliphatic rings. The molecule has 2 fully saturated rings. The molecule has 2 N–H and O–H groups in total. The third-order valence-electron chi connectivity index (χ3n) is 5.59. The minimum Gasteiger partial charge on any atom is -0.336 e. The van der Waals surface area contributed by atoms with Gasteiger partial charge in [0.05, 0.1) is 5.54 Å². The number of piperidine rings is 1. The van der Waals surface area contributed by atoms with Crippen LogP contribution >= 0.6 is 0 Å². The summed E-state index contributed by atoms with van der Waals surface area (Å²) in [7, 11) is 0. The Morgan fingerprint density at radius 2 is 1.56 bits per heavy atom. The highest BCUT2D eigenvalue weighted by Crippen LogP contribution is 2.24. The molecule has 2 saturated heterocycles. The molecule has 0 aromatic carbocycles. The van der Waals surface area contributed by atoms with Gasteiger partial charge in [0.2, 0.25) is 0 Å². The lowest BCUT2D eigenvalue weighted by Crippen LogP contribution is -2.64. The first-order chi connectivity index (χ1) is 12.0. The van der Waals surface area contributed by atoms with Gasteiger partial charge in [-0.2, -0.15) is 0 Å². The number of amides is 2. The predicted octanol–water partition coefficient (Wildman–Crippen LogP) is 1.58. The van der Waals surface area contributed by atoms with Crippen LogP contribution in [0.5, 0.6) is 0 Å². The number of urea groups is 1. The molecule has 146 valence electrons. The number of nitrogens with one attached hydrogen (secondary N) is 2. The van der Waals surface area contributed by atoms with Crippen molar-refractivity contribution < 1.29 is 4.79 Å². The number of likely N-dealkylation sites (tertiary alicyclic amines) is 1. The SMILES string of the molecule is CCCN1CCC(CN2CCN(CC)CC2)(NC(=O)NC(C)C)CC1. The van der Waals surface area contributed by atoms with E-state index in [2.05, 4.69) is 39.2 Å². The lowest BCUT2D eigenvalue weighted by atomic mass is 9.86. The van der Waals surface area contributed by atoms with E-state index in [9.17, 15) is 4.79 Å². The van der Waals surface area contributed by atoms with Gasteiger partial charge >= 0.3 is 6.03 Å². The highest BCUT2D eigenvalue weighted by atomic mass is 16.2. The second-order valence-corrected chi connectivity index (χ2v) is 8.09. The fraction of sp³-hybridized carbons (Fsp3) is 0.947. The third kappa shape index (κ3) is 6.42. The molecular formula is C19H39N5O. The highest BCUT2D eigenvalue weighted by Gasteiger charge is 2.38. The summed E-state index contributed by atoms with van der Waals surface area (Å²) in [5.41, 5.74) is -0.0857. The van der Waals surface area contributed by atoms with E-state index in [-0.39, 0.29) is 17.6 Å². The van der Waals surface area contributed by atoms with E-state index < -0.39 is 0 Å². The Morgan fingerprint density at radius 1 is 0.960 bits per heavy atom. The van der Waals surface area contributed by atoms with Gasteiger partial charge in [-0.25, -0.2) is 4.79 Å². The van der Waals surface area contributed by atoms with Crippen LogP contribution in [0.2, 0.25) is 0 Å². The lowest BCUT2D eigenvalue weighted by Gasteiger charge is -2.46. The average molecular weight is 354 g/mol. The average Bonchev–Trinajstić information content (AvgIpc) is 2.57. The van der Waals surface area contributed by atoms with Crippen LogP contribution in [0, 0.1) is 0 Å². The van der Waals surface area contributed by atoms with Crippen LogP contribution in [0.15, 0.2) is 0 Å². The first kappa shape index (κ1) is 20.5. The summed E-state index contributed by atoms with van der Waals surface area (Å²) in [5.74, 6) is 0. The number of carbonyl (C=O) groups excluding carboxylic acids is 1. The van der Waals surface area contributed by atoms with Crippen molar-refractivity contribution in [3.05, 3.63) is 0 Å². The van der Waals surface area contributed by atoms with Gasteiger partial charge in [0, 0.05) is 51.9 Å². The zero-order valence-corrected chi connectivity index (χ0v) is 16.8. The third-order valence-corrected chi connectivity index (χ3v) is 5.59. The monoisotopic (exact) mass is 353 g/mol. The zero-order valence-electron chi connectivity index (χ0n) is 16.8. The minimum absolute atomic E-state index is 0.00821. The predicted molar refractivity (Wildman–Crippen MR) is 104 cm³/mol. The van der Waals surface area contributed by atoms with Crippen LogP contribution < -0.4 is 10.6 Å². The van der Waals surface area contributed by atoms with Crippen molar-refractivity contribution in [2.45, 2.75) is 58.5 Å². The van der Waals surface area contributed by atoms with Gasteiger partial charge in [0.15, 0.2) is 0 Å².